The second-order valence-electron chi connectivity index (χ2n) is 6.85. The van der Waals surface area contributed by atoms with E-state index in [9.17, 15) is 9.59 Å². The molecular formula is C18H29N5O4S. The molecule has 9 nitrogen and oxygen atoms in total. The van der Waals surface area contributed by atoms with Gasteiger partial charge in [-0.25, -0.2) is 0 Å². The van der Waals surface area contributed by atoms with Crippen molar-refractivity contribution < 1.29 is 19.1 Å². The van der Waals surface area contributed by atoms with E-state index in [0.29, 0.717) is 32.9 Å². The Hall–Kier alpha value is -1.81. The third-order valence-electron chi connectivity index (χ3n) is 5.03. The number of morpholine rings is 1. The van der Waals surface area contributed by atoms with Crippen LogP contribution in [0.2, 0.25) is 0 Å². The van der Waals surface area contributed by atoms with Gasteiger partial charge in [-0.1, -0.05) is 11.8 Å². The number of thioether (sulfide) groups is 1. The average Bonchev–Trinajstić information content (AvgIpc) is 3.16. The molecule has 1 aromatic heterocycles. The molecule has 0 aliphatic carbocycles. The molecule has 0 spiro atoms. The van der Waals surface area contributed by atoms with Gasteiger partial charge in [-0.15, -0.1) is 10.2 Å². The van der Waals surface area contributed by atoms with E-state index in [2.05, 4.69) is 15.1 Å². The molecule has 1 amide bonds. The van der Waals surface area contributed by atoms with Gasteiger partial charge in [0.2, 0.25) is 11.9 Å². The van der Waals surface area contributed by atoms with E-state index in [4.69, 9.17) is 9.47 Å². The number of aromatic nitrogens is 3. The van der Waals surface area contributed by atoms with E-state index in [-0.39, 0.29) is 23.5 Å². The molecule has 2 fully saturated rings. The molecule has 1 aromatic rings. The van der Waals surface area contributed by atoms with Gasteiger partial charge < -0.3 is 19.3 Å². The largest absolute Gasteiger partial charge is 0.466 e. The van der Waals surface area contributed by atoms with E-state index >= 15 is 0 Å². The van der Waals surface area contributed by atoms with Gasteiger partial charge in [0.25, 0.3) is 0 Å². The van der Waals surface area contributed by atoms with Crippen LogP contribution in [0.5, 0.6) is 0 Å². The molecular weight excluding hydrogens is 382 g/mol. The maximum absolute atomic E-state index is 12.7. The number of likely N-dealkylation sites (tertiary alicyclic amines) is 1. The van der Waals surface area contributed by atoms with Crippen LogP contribution in [0.15, 0.2) is 5.16 Å². The van der Waals surface area contributed by atoms with E-state index < -0.39 is 0 Å². The molecule has 2 saturated heterocycles. The van der Waals surface area contributed by atoms with E-state index in [1.807, 2.05) is 11.5 Å². The van der Waals surface area contributed by atoms with Crippen molar-refractivity contribution in [3.05, 3.63) is 0 Å². The number of ether oxygens (including phenoxy) is 2. The zero-order chi connectivity index (χ0) is 19.9. The van der Waals surface area contributed by atoms with Gasteiger partial charge in [0, 0.05) is 32.7 Å². The first kappa shape index (κ1) is 20.9. The molecule has 1 unspecified atom stereocenters. The summed E-state index contributed by atoms with van der Waals surface area (Å²) in [6.45, 7) is 9.07. The molecule has 0 saturated carbocycles. The highest BCUT2D eigenvalue weighted by Gasteiger charge is 2.29. The lowest BCUT2D eigenvalue weighted by Crippen LogP contribution is -2.43. The second-order valence-corrected chi connectivity index (χ2v) is 7.79. The number of anilines is 1. The molecule has 28 heavy (non-hydrogen) atoms. The van der Waals surface area contributed by atoms with E-state index in [1.165, 1.54) is 11.8 Å². The number of nitrogens with zero attached hydrogens (tertiary/aromatic N) is 5. The van der Waals surface area contributed by atoms with Gasteiger partial charge in [-0.2, -0.15) is 0 Å². The monoisotopic (exact) mass is 411 g/mol. The Labute approximate surface area is 169 Å². The topological polar surface area (TPSA) is 89.8 Å². The highest BCUT2D eigenvalue weighted by Crippen LogP contribution is 2.24. The van der Waals surface area contributed by atoms with Crippen LogP contribution in [0.4, 0.5) is 5.95 Å². The van der Waals surface area contributed by atoms with Crippen molar-refractivity contribution in [1.82, 2.24) is 19.7 Å². The van der Waals surface area contributed by atoms with E-state index in [0.717, 1.165) is 43.6 Å². The van der Waals surface area contributed by atoms with Crippen LogP contribution in [-0.2, 0) is 25.6 Å². The lowest BCUT2D eigenvalue weighted by Gasteiger charge is -2.31. The minimum Gasteiger partial charge on any atom is -0.466 e. The van der Waals surface area contributed by atoms with Crippen LogP contribution in [0, 0.1) is 5.92 Å². The Morgan fingerprint density at radius 1 is 1.21 bits per heavy atom. The average molecular weight is 412 g/mol. The van der Waals surface area contributed by atoms with Crippen molar-refractivity contribution in [2.24, 2.45) is 5.92 Å². The summed E-state index contributed by atoms with van der Waals surface area (Å²) in [4.78, 5) is 28.6. The molecule has 3 heterocycles. The minimum atomic E-state index is -0.213. The maximum atomic E-state index is 12.7. The fraction of sp³-hybridized carbons (Fsp3) is 0.778. The minimum absolute atomic E-state index is 0.0255. The summed E-state index contributed by atoms with van der Waals surface area (Å²) >= 11 is 1.40. The molecule has 0 radical (unpaired) electrons. The Morgan fingerprint density at radius 2 is 2.00 bits per heavy atom. The molecule has 0 aromatic carbocycles. The highest BCUT2D eigenvalue weighted by atomic mass is 32.2. The normalized spacial score (nSPS) is 20.3. The zero-order valence-corrected chi connectivity index (χ0v) is 17.4. The first-order valence-electron chi connectivity index (χ1n) is 9.97. The van der Waals surface area contributed by atoms with Crippen LogP contribution in [-0.4, -0.2) is 83.3 Å². The number of hydrogen-bond donors (Lipinski definition) is 0. The van der Waals surface area contributed by atoms with E-state index in [1.54, 1.807) is 11.8 Å². The third-order valence-corrected chi connectivity index (χ3v) is 5.98. The SMILES string of the molecule is CCOC(=O)C1CCCN(C(=O)CSc2nnc(N3CCOCC3)n2CC)C1. The number of carbonyl (C=O) groups is 2. The molecule has 0 N–H and O–H groups in total. The summed E-state index contributed by atoms with van der Waals surface area (Å²) in [5.41, 5.74) is 0. The van der Waals surface area contributed by atoms with Crippen molar-refractivity contribution in [3.63, 3.8) is 0 Å². The van der Waals surface area contributed by atoms with Gasteiger partial charge >= 0.3 is 5.97 Å². The van der Waals surface area contributed by atoms with Crippen molar-refractivity contribution in [1.29, 1.82) is 0 Å². The van der Waals surface area contributed by atoms with Gasteiger partial charge in [-0.3, -0.25) is 14.2 Å². The van der Waals surface area contributed by atoms with Gasteiger partial charge in [0.15, 0.2) is 5.16 Å². The Bertz CT molecular complexity index is 677. The third kappa shape index (κ3) is 4.96. The Kier molecular flexibility index (Phi) is 7.55. The molecule has 3 rings (SSSR count). The van der Waals surface area contributed by atoms with Crippen molar-refractivity contribution in [3.8, 4) is 0 Å². The lowest BCUT2D eigenvalue weighted by atomic mass is 9.98. The quantitative estimate of drug-likeness (QED) is 0.485. The predicted molar refractivity (Wildman–Crippen MR) is 105 cm³/mol. The fourth-order valence-corrected chi connectivity index (χ4v) is 4.44. The molecule has 2 aliphatic rings. The summed E-state index contributed by atoms with van der Waals surface area (Å²) in [6, 6.07) is 0. The highest BCUT2D eigenvalue weighted by molar-refractivity contribution is 7.99. The predicted octanol–water partition coefficient (Wildman–Crippen LogP) is 1.03. The van der Waals surface area contributed by atoms with Crippen molar-refractivity contribution in [2.45, 2.75) is 38.4 Å². The number of piperidine rings is 1. The zero-order valence-electron chi connectivity index (χ0n) is 16.6. The summed E-state index contributed by atoms with van der Waals surface area (Å²) in [6.07, 6.45) is 1.61. The van der Waals surface area contributed by atoms with Gasteiger partial charge in [0.1, 0.15) is 0 Å². The first-order chi connectivity index (χ1) is 13.6. The summed E-state index contributed by atoms with van der Waals surface area (Å²) < 4.78 is 12.6. The lowest BCUT2D eigenvalue weighted by molar-refractivity contribution is -0.151. The summed E-state index contributed by atoms with van der Waals surface area (Å²) in [7, 11) is 0. The number of rotatable bonds is 7. The smallest absolute Gasteiger partial charge is 0.310 e. The van der Waals surface area contributed by atoms with Gasteiger partial charge in [0.05, 0.1) is 31.5 Å². The fourth-order valence-electron chi connectivity index (χ4n) is 3.54. The van der Waals surface area contributed by atoms with Crippen molar-refractivity contribution in [2.75, 3.05) is 56.7 Å². The first-order valence-corrected chi connectivity index (χ1v) is 11.0. The standard InChI is InChI=1S/C18H29N5O4S/c1-3-23-17(21-8-10-26-11-9-21)19-20-18(23)28-13-15(24)22-7-5-6-14(12-22)16(25)27-4-2/h14H,3-13H2,1-2H3. The van der Waals surface area contributed by atoms with Crippen LogP contribution in [0.25, 0.3) is 0 Å². The molecule has 2 aliphatic heterocycles. The number of hydrogen-bond acceptors (Lipinski definition) is 8. The number of amides is 1. The molecule has 1 atom stereocenters. The Balaban J connectivity index is 1.57. The van der Waals surface area contributed by atoms with Crippen LogP contribution < -0.4 is 4.90 Å². The molecule has 0 bridgehead atoms. The molecule has 156 valence electrons. The van der Waals surface area contributed by atoms with Crippen LogP contribution >= 0.6 is 11.8 Å². The molecule has 10 heteroatoms. The maximum Gasteiger partial charge on any atom is 0.310 e. The number of esters is 1. The van der Waals surface area contributed by atoms with Crippen LogP contribution in [0.3, 0.4) is 0 Å². The summed E-state index contributed by atoms with van der Waals surface area (Å²) in [5.74, 6) is 0.735. The van der Waals surface area contributed by atoms with Crippen LogP contribution in [0.1, 0.15) is 26.7 Å². The van der Waals surface area contributed by atoms with Crippen molar-refractivity contribution >= 4 is 29.6 Å². The second kappa shape index (κ2) is 10.1. The van der Waals surface area contributed by atoms with Gasteiger partial charge in [-0.05, 0) is 26.7 Å². The Morgan fingerprint density at radius 3 is 2.71 bits per heavy atom. The summed E-state index contributed by atoms with van der Waals surface area (Å²) in [5, 5.41) is 9.38. The number of carbonyl (C=O) groups excluding carboxylic acids is 2.